The Hall–Kier alpha value is -3.22. The fraction of sp³-hybridized carbons (Fsp3) is 0.364. The van der Waals surface area contributed by atoms with Crippen molar-refractivity contribution in [1.82, 2.24) is 4.57 Å². The summed E-state index contributed by atoms with van der Waals surface area (Å²) >= 11 is 0. The largest absolute Gasteiger partial charge is 0.448 e. The van der Waals surface area contributed by atoms with E-state index >= 15 is 0 Å². The molecule has 0 saturated heterocycles. The fourth-order valence-electron chi connectivity index (χ4n) is 4.14. The van der Waals surface area contributed by atoms with Crippen LogP contribution in [-0.2, 0) is 11.3 Å². The molecular formula is C22H22N2O5. The number of hydrogen-bond acceptors (Lipinski definition) is 5. The number of carbonyl (C=O) groups excluding carboxylic acids is 1. The summed E-state index contributed by atoms with van der Waals surface area (Å²) < 4.78 is 18.8. The monoisotopic (exact) mass is 394 g/mol. The maximum atomic E-state index is 12.3. The highest BCUT2D eigenvalue weighted by atomic mass is 16.7. The van der Waals surface area contributed by atoms with Gasteiger partial charge in [-0.1, -0.05) is 12.1 Å². The first-order valence-corrected chi connectivity index (χ1v) is 10.0. The Bertz CT molecular complexity index is 1120. The zero-order chi connectivity index (χ0) is 19.8. The zero-order valence-corrected chi connectivity index (χ0v) is 16.0. The van der Waals surface area contributed by atoms with E-state index in [1.807, 2.05) is 36.4 Å². The number of fused-ring (bicyclic) bond motifs is 2. The molecule has 3 aromatic rings. The predicted octanol–water partition coefficient (Wildman–Crippen LogP) is 4.05. The smallest absolute Gasteiger partial charge is 0.419 e. The molecule has 1 saturated carbocycles. The average Bonchev–Trinajstić information content (AvgIpc) is 3.39. The van der Waals surface area contributed by atoms with Crippen molar-refractivity contribution in [2.75, 3.05) is 5.32 Å². The number of anilines is 1. The molecule has 0 bridgehead atoms. The molecule has 0 radical (unpaired) electrons. The minimum atomic E-state index is -0.508. The first kappa shape index (κ1) is 17.8. The van der Waals surface area contributed by atoms with Crippen LogP contribution in [0.5, 0.6) is 11.5 Å². The van der Waals surface area contributed by atoms with E-state index in [1.54, 1.807) is 10.6 Å². The van der Waals surface area contributed by atoms with Crippen LogP contribution in [-0.4, -0.2) is 16.3 Å². The molecule has 0 unspecified atom stereocenters. The van der Waals surface area contributed by atoms with Crippen LogP contribution in [0.3, 0.4) is 0 Å². The van der Waals surface area contributed by atoms with Crippen LogP contribution in [0.15, 0.2) is 51.7 Å². The number of carbonyl (C=O) groups is 1. The van der Waals surface area contributed by atoms with Crippen molar-refractivity contribution >= 4 is 22.7 Å². The van der Waals surface area contributed by atoms with Gasteiger partial charge in [-0.15, -0.1) is 0 Å². The maximum Gasteiger partial charge on any atom is 0.419 e. The van der Waals surface area contributed by atoms with E-state index in [2.05, 4.69) is 5.32 Å². The Kier molecular flexibility index (Phi) is 4.30. The minimum absolute atomic E-state index is 0.111. The first-order chi connectivity index (χ1) is 14.1. The van der Waals surface area contributed by atoms with E-state index in [0.29, 0.717) is 36.4 Å². The summed E-state index contributed by atoms with van der Waals surface area (Å²) in [6.07, 6.45) is 4.82. The van der Waals surface area contributed by atoms with Gasteiger partial charge >= 0.3 is 5.76 Å². The number of nitrogens with zero attached hydrogens (tertiary/aromatic N) is 1. The van der Waals surface area contributed by atoms with Gasteiger partial charge in [-0.2, -0.15) is 0 Å². The predicted molar refractivity (Wildman–Crippen MR) is 107 cm³/mol. The molecule has 7 nitrogen and oxygen atoms in total. The molecule has 1 N–H and O–H groups in total. The molecule has 2 aromatic carbocycles. The molecular weight excluding hydrogens is 372 g/mol. The van der Waals surface area contributed by atoms with Gasteiger partial charge in [0.1, 0.15) is 0 Å². The fourth-order valence-corrected chi connectivity index (χ4v) is 4.14. The molecule has 5 rings (SSSR count). The maximum absolute atomic E-state index is 12.3. The molecule has 150 valence electrons. The third-order valence-electron chi connectivity index (χ3n) is 5.54. The Balaban J connectivity index is 1.19. The minimum Gasteiger partial charge on any atom is -0.448 e. The number of rotatable bonds is 5. The van der Waals surface area contributed by atoms with Crippen molar-refractivity contribution in [3.8, 4) is 11.5 Å². The van der Waals surface area contributed by atoms with Crippen LogP contribution in [0.2, 0.25) is 0 Å². The van der Waals surface area contributed by atoms with Gasteiger partial charge in [-0.3, -0.25) is 9.36 Å². The lowest BCUT2D eigenvalue weighted by Crippen LogP contribution is -2.34. The van der Waals surface area contributed by atoms with Crippen molar-refractivity contribution in [2.24, 2.45) is 0 Å². The van der Waals surface area contributed by atoms with Crippen LogP contribution < -0.4 is 20.5 Å². The van der Waals surface area contributed by atoms with E-state index in [1.165, 1.54) is 0 Å². The van der Waals surface area contributed by atoms with Gasteiger partial charge in [0.05, 0.1) is 5.52 Å². The SMILES string of the molecule is O=C(CCCn1c(=O)oc2ccccc21)Nc1ccc2c(c1)OC1(CCCC1)O2. The molecule has 2 aliphatic rings. The molecule has 29 heavy (non-hydrogen) atoms. The Morgan fingerprint density at radius 2 is 1.86 bits per heavy atom. The number of ether oxygens (including phenoxy) is 2. The summed E-state index contributed by atoms with van der Waals surface area (Å²) in [5.41, 5.74) is 1.98. The number of aryl methyl sites for hydroxylation is 1. The van der Waals surface area contributed by atoms with Crippen molar-refractivity contribution in [1.29, 1.82) is 0 Å². The topological polar surface area (TPSA) is 82.7 Å². The molecule has 1 amide bonds. The zero-order valence-electron chi connectivity index (χ0n) is 16.0. The van der Waals surface area contributed by atoms with Crippen LogP contribution in [0.4, 0.5) is 5.69 Å². The number of oxazole rings is 1. The summed E-state index contributed by atoms with van der Waals surface area (Å²) in [5.74, 6) is 0.395. The molecule has 0 atom stereocenters. The van der Waals surface area contributed by atoms with E-state index < -0.39 is 11.5 Å². The number of amides is 1. The second kappa shape index (κ2) is 6.99. The van der Waals surface area contributed by atoms with Crippen LogP contribution in [0.1, 0.15) is 38.5 Å². The van der Waals surface area contributed by atoms with Gasteiger partial charge in [0, 0.05) is 37.6 Å². The van der Waals surface area contributed by atoms with Gasteiger partial charge in [0.25, 0.3) is 5.79 Å². The van der Waals surface area contributed by atoms with Crippen molar-refractivity contribution < 1.29 is 18.7 Å². The Morgan fingerprint density at radius 1 is 1.07 bits per heavy atom. The highest BCUT2D eigenvalue weighted by Crippen LogP contribution is 2.47. The van der Waals surface area contributed by atoms with E-state index in [4.69, 9.17) is 13.9 Å². The number of nitrogens with one attached hydrogen (secondary N) is 1. The van der Waals surface area contributed by atoms with E-state index in [0.717, 1.165) is 36.9 Å². The number of benzene rings is 2. The molecule has 1 aliphatic carbocycles. The van der Waals surface area contributed by atoms with Crippen molar-refractivity contribution in [3.05, 3.63) is 53.0 Å². The lowest BCUT2D eigenvalue weighted by atomic mass is 10.2. The van der Waals surface area contributed by atoms with Gasteiger partial charge in [-0.25, -0.2) is 4.79 Å². The summed E-state index contributed by atoms with van der Waals surface area (Å²) in [5, 5.41) is 2.90. The third-order valence-corrected chi connectivity index (χ3v) is 5.54. The quantitative estimate of drug-likeness (QED) is 0.706. The first-order valence-electron chi connectivity index (χ1n) is 10.0. The molecule has 1 aliphatic heterocycles. The Morgan fingerprint density at radius 3 is 2.72 bits per heavy atom. The summed E-state index contributed by atoms with van der Waals surface area (Å²) in [7, 11) is 0. The van der Waals surface area contributed by atoms with E-state index in [9.17, 15) is 9.59 Å². The lowest BCUT2D eigenvalue weighted by molar-refractivity contribution is -0.116. The third kappa shape index (κ3) is 3.37. The Labute approximate surface area is 167 Å². The van der Waals surface area contributed by atoms with E-state index in [-0.39, 0.29) is 5.91 Å². The van der Waals surface area contributed by atoms with Crippen LogP contribution in [0, 0.1) is 0 Å². The van der Waals surface area contributed by atoms with Gasteiger partial charge in [-0.05, 0) is 43.5 Å². The summed E-state index contributed by atoms with van der Waals surface area (Å²) in [6, 6.07) is 12.8. The van der Waals surface area contributed by atoms with Gasteiger partial charge < -0.3 is 19.2 Å². The second-order valence-corrected chi connectivity index (χ2v) is 7.62. The highest BCUT2D eigenvalue weighted by molar-refractivity contribution is 5.91. The lowest BCUT2D eigenvalue weighted by Gasteiger charge is -2.21. The van der Waals surface area contributed by atoms with Gasteiger partial charge in [0.2, 0.25) is 5.91 Å². The number of para-hydroxylation sites is 2. The molecule has 2 heterocycles. The molecule has 1 spiro atoms. The van der Waals surface area contributed by atoms with Crippen LogP contribution >= 0.6 is 0 Å². The molecule has 1 fully saturated rings. The number of hydrogen-bond donors (Lipinski definition) is 1. The summed E-state index contributed by atoms with van der Waals surface area (Å²) in [4.78, 5) is 24.3. The van der Waals surface area contributed by atoms with Crippen molar-refractivity contribution in [2.45, 2.75) is 50.9 Å². The normalized spacial score (nSPS) is 16.6. The standard InChI is InChI=1S/C22H22N2O5/c25-20(8-5-13-24-16-6-1-2-7-17(16)27-21(24)26)23-15-9-10-18-19(14-15)29-22(28-18)11-3-4-12-22/h1-2,6-7,9-10,14H,3-5,8,11-13H2,(H,23,25). The van der Waals surface area contributed by atoms with Crippen LogP contribution in [0.25, 0.3) is 11.1 Å². The highest BCUT2D eigenvalue weighted by Gasteiger charge is 2.44. The summed E-state index contributed by atoms with van der Waals surface area (Å²) in [6.45, 7) is 0.424. The number of aromatic nitrogens is 1. The molecule has 7 heteroatoms. The van der Waals surface area contributed by atoms with Crippen molar-refractivity contribution in [3.63, 3.8) is 0 Å². The second-order valence-electron chi connectivity index (χ2n) is 7.62. The average molecular weight is 394 g/mol. The van der Waals surface area contributed by atoms with Gasteiger partial charge in [0.15, 0.2) is 17.1 Å². The molecule has 1 aromatic heterocycles.